The third-order valence-electron chi connectivity index (χ3n) is 4.62. The van der Waals surface area contributed by atoms with Crippen LogP contribution in [0.15, 0.2) is 0 Å². The first-order valence-electron chi connectivity index (χ1n) is 10.0. The van der Waals surface area contributed by atoms with Crippen LogP contribution in [0.1, 0.15) is 84.5 Å². The van der Waals surface area contributed by atoms with Crippen LogP contribution in [0.3, 0.4) is 0 Å². The van der Waals surface area contributed by atoms with Gasteiger partial charge in [-0.1, -0.05) is 71.6 Å². The number of hydrogen-bond acceptors (Lipinski definition) is 1. The van der Waals surface area contributed by atoms with Gasteiger partial charge in [-0.2, -0.15) is 30.7 Å². The van der Waals surface area contributed by atoms with Crippen molar-refractivity contribution in [1.82, 2.24) is 4.90 Å². The summed E-state index contributed by atoms with van der Waals surface area (Å²) in [6.45, 7) is 3.49. The first-order chi connectivity index (χ1) is 12.9. The summed E-state index contributed by atoms with van der Waals surface area (Å²) >= 11 is 0. The van der Waals surface area contributed by atoms with E-state index in [1.807, 2.05) is 13.8 Å². The lowest BCUT2D eigenvalue weighted by molar-refractivity contribution is -0.345. The molecule has 0 aromatic rings. The molecule has 0 unspecified atom stereocenters. The SMILES string of the molecule is CCCCCCCCN(CCCCCCC)C(=O)C(F)(F)C(F)(F)C(F)(F)F. The fourth-order valence-electron chi connectivity index (χ4n) is 2.81. The second kappa shape index (κ2) is 12.5. The molecule has 9 heteroatoms. The zero-order valence-electron chi connectivity index (χ0n) is 16.7. The van der Waals surface area contributed by atoms with E-state index >= 15 is 0 Å². The molecule has 0 saturated carbocycles. The zero-order valence-corrected chi connectivity index (χ0v) is 16.7. The van der Waals surface area contributed by atoms with Gasteiger partial charge < -0.3 is 4.90 Å². The van der Waals surface area contributed by atoms with Crippen LogP contribution >= 0.6 is 0 Å². The van der Waals surface area contributed by atoms with Crippen LogP contribution in [0.2, 0.25) is 0 Å². The van der Waals surface area contributed by atoms with Gasteiger partial charge in [-0.3, -0.25) is 4.79 Å². The molecule has 0 aromatic carbocycles. The molecule has 0 heterocycles. The summed E-state index contributed by atoms with van der Waals surface area (Å²) in [7, 11) is 0. The number of unbranched alkanes of at least 4 members (excludes halogenated alkanes) is 9. The van der Waals surface area contributed by atoms with E-state index in [-0.39, 0.29) is 25.9 Å². The van der Waals surface area contributed by atoms with Gasteiger partial charge in [0.25, 0.3) is 5.91 Å². The first-order valence-corrected chi connectivity index (χ1v) is 10.0. The lowest BCUT2D eigenvalue weighted by atomic mass is 10.1. The van der Waals surface area contributed by atoms with Crippen LogP contribution in [0.25, 0.3) is 0 Å². The minimum absolute atomic E-state index is 0.248. The van der Waals surface area contributed by atoms with Crippen molar-refractivity contribution in [2.45, 2.75) is 102 Å². The fraction of sp³-hybridized carbons (Fsp3) is 0.947. The quantitative estimate of drug-likeness (QED) is 0.206. The molecular formula is C19H32F7NO. The average Bonchev–Trinajstić information content (AvgIpc) is 2.60. The van der Waals surface area contributed by atoms with Crippen molar-refractivity contribution < 1.29 is 35.5 Å². The maximum Gasteiger partial charge on any atom is 0.460 e. The topological polar surface area (TPSA) is 20.3 Å². The highest BCUT2D eigenvalue weighted by molar-refractivity contribution is 5.84. The molecular weight excluding hydrogens is 391 g/mol. The van der Waals surface area contributed by atoms with Crippen molar-refractivity contribution in [3.8, 4) is 0 Å². The van der Waals surface area contributed by atoms with Crippen LogP contribution in [0.5, 0.6) is 0 Å². The Balaban J connectivity index is 5.00. The van der Waals surface area contributed by atoms with Gasteiger partial charge in [0, 0.05) is 13.1 Å². The largest absolute Gasteiger partial charge is 0.460 e. The number of rotatable bonds is 15. The van der Waals surface area contributed by atoms with Crippen molar-refractivity contribution >= 4 is 5.91 Å². The number of carbonyl (C=O) groups excluding carboxylic acids is 1. The number of alkyl halides is 7. The van der Waals surface area contributed by atoms with E-state index in [1.165, 1.54) is 0 Å². The smallest absolute Gasteiger partial charge is 0.337 e. The lowest BCUT2D eigenvalue weighted by Gasteiger charge is -2.32. The van der Waals surface area contributed by atoms with Crippen LogP contribution in [0.4, 0.5) is 30.7 Å². The molecule has 28 heavy (non-hydrogen) atoms. The molecule has 0 radical (unpaired) electrons. The van der Waals surface area contributed by atoms with E-state index in [0.29, 0.717) is 17.7 Å². The van der Waals surface area contributed by atoms with Crippen LogP contribution < -0.4 is 0 Å². The Labute approximate surface area is 162 Å². The summed E-state index contributed by atoms with van der Waals surface area (Å²) in [5, 5.41) is 0. The minimum atomic E-state index is -6.50. The van der Waals surface area contributed by atoms with Crippen molar-refractivity contribution in [1.29, 1.82) is 0 Å². The fourth-order valence-corrected chi connectivity index (χ4v) is 2.81. The molecule has 168 valence electrons. The van der Waals surface area contributed by atoms with Crippen LogP contribution in [-0.4, -0.2) is 41.9 Å². The van der Waals surface area contributed by atoms with Gasteiger partial charge >= 0.3 is 18.0 Å². The number of hydrogen-bond donors (Lipinski definition) is 0. The number of halogens is 7. The highest BCUT2D eigenvalue weighted by Crippen LogP contribution is 2.47. The van der Waals surface area contributed by atoms with E-state index in [0.717, 1.165) is 44.9 Å². The lowest BCUT2D eigenvalue weighted by Crippen LogP contribution is -2.60. The van der Waals surface area contributed by atoms with Crippen molar-refractivity contribution in [3.63, 3.8) is 0 Å². The summed E-state index contributed by atoms with van der Waals surface area (Å²) < 4.78 is 91.1. The molecule has 0 bridgehead atoms. The Morgan fingerprint density at radius 2 is 1.00 bits per heavy atom. The molecule has 0 saturated heterocycles. The minimum Gasteiger partial charge on any atom is -0.337 e. The molecule has 2 nitrogen and oxygen atoms in total. The van der Waals surface area contributed by atoms with Gasteiger partial charge in [0.15, 0.2) is 0 Å². The van der Waals surface area contributed by atoms with Crippen molar-refractivity contribution in [2.75, 3.05) is 13.1 Å². The Bertz CT molecular complexity index is 438. The number of amides is 1. The van der Waals surface area contributed by atoms with Crippen molar-refractivity contribution in [3.05, 3.63) is 0 Å². The molecule has 0 aromatic heterocycles. The standard InChI is InChI=1S/C19H32F7NO/c1-3-5-7-9-11-13-15-27(14-12-10-8-6-4-2)16(28)17(20,21)18(22,23)19(24,25)26/h3-15H2,1-2H3. The summed E-state index contributed by atoms with van der Waals surface area (Å²) in [5.41, 5.74) is 0. The molecule has 0 spiro atoms. The monoisotopic (exact) mass is 423 g/mol. The van der Waals surface area contributed by atoms with Gasteiger partial charge in [0.05, 0.1) is 0 Å². The second-order valence-corrected chi connectivity index (χ2v) is 7.12. The Hall–Kier alpha value is -1.02. The molecule has 0 rings (SSSR count). The second-order valence-electron chi connectivity index (χ2n) is 7.12. The van der Waals surface area contributed by atoms with E-state index in [2.05, 4.69) is 0 Å². The van der Waals surface area contributed by atoms with Gasteiger partial charge in [-0.25, -0.2) is 0 Å². The Morgan fingerprint density at radius 3 is 1.36 bits per heavy atom. The van der Waals surface area contributed by atoms with Gasteiger partial charge in [-0.05, 0) is 12.8 Å². The highest BCUT2D eigenvalue weighted by Gasteiger charge is 2.76. The van der Waals surface area contributed by atoms with E-state index in [1.54, 1.807) is 0 Å². The highest BCUT2D eigenvalue weighted by atomic mass is 19.4. The Kier molecular flexibility index (Phi) is 12.1. The Morgan fingerprint density at radius 1 is 0.643 bits per heavy atom. The predicted molar refractivity (Wildman–Crippen MR) is 94.7 cm³/mol. The molecule has 0 atom stereocenters. The maximum absolute atomic E-state index is 13.8. The molecule has 0 aliphatic rings. The van der Waals surface area contributed by atoms with E-state index in [9.17, 15) is 35.5 Å². The summed E-state index contributed by atoms with van der Waals surface area (Å²) in [6, 6.07) is 0. The molecule has 0 fully saturated rings. The van der Waals surface area contributed by atoms with Crippen LogP contribution in [-0.2, 0) is 4.79 Å². The van der Waals surface area contributed by atoms with Gasteiger partial charge in [0.1, 0.15) is 0 Å². The number of nitrogens with zero attached hydrogens (tertiary/aromatic N) is 1. The van der Waals surface area contributed by atoms with Gasteiger partial charge in [-0.15, -0.1) is 0 Å². The van der Waals surface area contributed by atoms with Crippen LogP contribution in [0, 0.1) is 0 Å². The first kappa shape index (κ1) is 27.0. The van der Waals surface area contributed by atoms with E-state index in [4.69, 9.17) is 0 Å². The average molecular weight is 423 g/mol. The maximum atomic E-state index is 13.8. The molecule has 1 amide bonds. The summed E-state index contributed by atoms with van der Waals surface area (Å²) in [6.07, 6.45) is 1.58. The van der Waals surface area contributed by atoms with E-state index < -0.39 is 23.9 Å². The van der Waals surface area contributed by atoms with Crippen molar-refractivity contribution in [2.24, 2.45) is 0 Å². The molecule has 0 aliphatic heterocycles. The predicted octanol–water partition coefficient (Wildman–Crippen LogP) is 6.98. The molecule has 0 aliphatic carbocycles. The zero-order chi connectivity index (χ0) is 21.8. The third-order valence-corrected chi connectivity index (χ3v) is 4.62. The summed E-state index contributed by atoms with van der Waals surface area (Å²) in [4.78, 5) is 12.4. The van der Waals surface area contributed by atoms with Gasteiger partial charge in [0.2, 0.25) is 0 Å². The normalized spacial score (nSPS) is 13.0. The number of carbonyl (C=O) groups is 1. The summed E-state index contributed by atoms with van der Waals surface area (Å²) in [5.74, 6) is -14.7. The third kappa shape index (κ3) is 8.15. The molecule has 0 N–H and O–H groups in total.